The fourth-order valence-electron chi connectivity index (χ4n) is 1.06. The highest BCUT2D eigenvalue weighted by atomic mass is 19.1. The number of aliphatic imine (C=N–C) groups is 1. The largest absolute Gasteiger partial charge is 0.285 e. The van der Waals surface area contributed by atoms with E-state index in [-0.39, 0.29) is 5.82 Å². The van der Waals surface area contributed by atoms with E-state index in [2.05, 4.69) is 11.6 Å². The van der Waals surface area contributed by atoms with E-state index in [1.165, 1.54) is 12.1 Å². The predicted molar refractivity (Wildman–Crippen MR) is 53.7 cm³/mol. The molecule has 0 atom stereocenters. The summed E-state index contributed by atoms with van der Waals surface area (Å²) in [5, 5.41) is 0. The van der Waals surface area contributed by atoms with Gasteiger partial charge in [0.25, 0.3) is 0 Å². The molecule has 0 radical (unpaired) electrons. The number of hydrogen-bond donors (Lipinski definition) is 0. The van der Waals surface area contributed by atoms with E-state index < -0.39 is 0 Å². The maximum Gasteiger partial charge on any atom is 0.123 e. The molecule has 68 valence electrons. The Bertz CT molecular complexity index is 311. The minimum Gasteiger partial charge on any atom is -0.285 e. The highest BCUT2D eigenvalue weighted by molar-refractivity contribution is 6.08. The summed E-state index contributed by atoms with van der Waals surface area (Å²) < 4.78 is 12.6. The molecule has 0 aromatic heterocycles. The Labute approximate surface area is 77.6 Å². The zero-order valence-electron chi connectivity index (χ0n) is 7.63. The Morgan fingerprint density at radius 1 is 1.46 bits per heavy atom. The van der Waals surface area contributed by atoms with Gasteiger partial charge in [-0.25, -0.2) is 4.39 Å². The molecular weight excluding hydrogens is 165 g/mol. The summed E-state index contributed by atoms with van der Waals surface area (Å²) in [4.78, 5) is 4.22. The molecule has 0 saturated heterocycles. The first-order valence-corrected chi connectivity index (χ1v) is 4.20. The van der Waals surface area contributed by atoms with Crippen LogP contribution in [0.25, 0.3) is 0 Å². The van der Waals surface area contributed by atoms with Crippen molar-refractivity contribution in [2.24, 2.45) is 4.99 Å². The quantitative estimate of drug-likeness (QED) is 0.629. The molecule has 0 aliphatic heterocycles. The van der Waals surface area contributed by atoms with Crippen molar-refractivity contribution in [3.63, 3.8) is 0 Å². The first kappa shape index (κ1) is 9.65. The highest BCUT2D eigenvalue weighted by Crippen LogP contribution is 2.05. The molecule has 0 bridgehead atoms. The van der Waals surface area contributed by atoms with E-state index in [4.69, 9.17) is 0 Å². The van der Waals surface area contributed by atoms with Gasteiger partial charge in [0.2, 0.25) is 0 Å². The fourth-order valence-corrected chi connectivity index (χ4v) is 1.06. The zero-order valence-corrected chi connectivity index (χ0v) is 7.63. The molecule has 0 N–H and O–H groups in total. The molecule has 1 rings (SSSR count). The number of nitrogens with zero attached hydrogens (tertiary/aromatic N) is 1. The van der Waals surface area contributed by atoms with Gasteiger partial charge in [-0.2, -0.15) is 0 Å². The minimum atomic E-state index is -0.233. The Kier molecular flexibility index (Phi) is 3.38. The highest BCUT2D eigenvalue weighted by Gasteiger charge is 1.97. The van der Waals surface area contributed by atoms with E-state index >= 15 is 0 Å². The van der Waals surface area contributed by atoms with E-state index in [9.17, 15) is 4.39 Å². The van der Waals surface area contributed by atoms with Crippen LogP contribution >= 0.6 is 0 Å². The first-order valence-electron chi connectivity index (χ1n) is 4.20. The van der Waals surface area contributed by atoms with Crippen molar-refractivity contribution in [3.05, 3.63) is 48.3 Å². The van der Waals surface area contributed by atoms with Gasteiger partial charge in [-0.15, -0.1) is 0 Å². The summed E-state index contributed by atoms with van der Waals surface area (Å²) in [6.07, 6.45) is 1.68. The number of halogens is 1. The average molecular weight is 177 g/mol. The Hall–Kier alpha value is -1.44. The topological polar surface area (TPSA) is 12.4 Å². The second-order valence-electron chi connectivity index (χ2n) is 2.57. The third-order valence-electron chi connectivity index (χ3n) is 1.66. The normalized spacial score (nSPS) is 11.4. The number of rotatable bonds is 3. The van der Waals surface area contributed by atoms with Crippen molar-refractivity contribution < 1.29 is 4.39 Å². The lowest BCUT2D eigenvalue weighted by molar-refractivity contribution is 0.628. The summed E-state index contributed by atoms with van der Waals surface area (Å²) in [6, 6.07) is 6.24. The van der Waals surface area contributed by atoms with Crippen molar-refractivity contribution in [1.29, 1.82) is 0 Å². The van der Waals surface area contributed by atoms with Crippen molar-refractivity contribution in [3.8, 4) is 0 Å². The van der Waals surface area contributed by atoms with E-state index in [0.29, 0.717) is 6.54 Å². The van der Waals surface area contributed by atoms with Crippen molar-refractivity contribution in [1.82, 2.24) is 0 Å². The van der Waals surface area contributed by atoms with Crippen LogP contribution < -0.4 is 0 Å². The summed E-state index contributed by atoms with van der Waals surface area (Å²) >= 11 is 0. The van der Waals surface area contributed by atoms with Crippen LogP contribution in [0.2, 0.25) is 0 Å². The molecule has 1 aromatic rings. The van der Waals surface area contributed by atoms with Gasteiger partial charge in [-0.3, -0.25) is 4.99 Å². The van der Waals surface area contributed by atoms with Crippen molar-refractivity contribution in [2.75, 3.05) is 6.54 Å². The van der Waals surface area contributed by atoms with Crippen LogP contribution in [0.3, 0.4) is 0 Å². The molecule has 1 nitrogen and oxygen atoms in total. The summed E-state index contributed by atoms with van der Waals surface area (Å²) in [7, 11) is 0. The average Bonchev–Trinajstić information content (AvgIpc) is 2.16. The molecule has 0 aliphatic carbocycles. The van der Waals surface area contributed by atoms with Gasteiger partial charge >= 0.3 is 0 Å². The smallest absolute Gasteiger partial charge is 0.123 e. The van der Waals surface area contributed by atoms with Crippen molar-refractivity contribution >= 4 is 5.71 Å². The molecule has 1 aromatic carbocycles. The van der Waals surface area contributed by atoms with Crippen LogP contribution in [0.1, 0.15) is 12.5 Å². The van der Waals surface area contributed by atoms with Crippen molar-refractivity contribution in [2.45, 2.75) is 6.92 Å². The Morgan fingerprint density at radius 2 is 2.08 bits per heavy atom. The van der Waals surface area contributed by atoms with Crippen LogP contribution in [0.15, 0.2) is 41.9 Å². The van der Waals surface area contributed by atoms with Crippen LogP contribution in [-0.2, 0) is 0 Å². The van der Waals surface area contributed by atoms with Crippen LogP contribution in [0.4, 0.5) is 4.39 Å². The Balaban J connectivity index is 2.99. The lowest BCUT2D eigenvalue weighted by Gasteiger charge is -1.99. The van der Waals surface area contributed by atoms with Gasteiger partial charge in [0.05, 0.1) is 5.71 Å². The van der Waals surface area contributed by atoms with E-state index in [1.807, 2.05) is 6.92 Å². The third kappa shape index (κ3) is 2.51. The van der Waals surface area contributed by atoms with Gasteiger partial charge in [0, 0.05) is 6.54 Å². The molecular formula is C11H12FN. The summed E-state index contributed by atoms with van der Waals surface area (Å²) in [5.74, 6) is -0.233. The molecule has 13 heavy (non-hydrogen) atoms. The van der Waals surface area contributed by atoms with Gasteiger partial charge in [-0.05, 0) is 42.8 Å². The minimum absolute atomic E-state index is 0.233. The number of allylic oxidation sites excluding steroid dienone is 1. The Morgan fingerprint density at radius 3 is 2.54 bits per heavy atom. The molecule has 0 unspecified atom stereocenters. The number of benzene rings is 1. The maximum atomic E-state index is 12.6. The predicted octanol–water partition coefficient (Wildman–Crippen LogP) is 2.82. The van der Waals surface area contributed by atoms with Crippen LogP contribution in [0, 0.1) is 5.82 Å². The SMILES string of the molecule is C=CC(=NCC)c1ccc(F)cc1. The summed E-state index contributed by atoms with van der Waals surface area (Å²) in [6.45, 7) is 6.31. The molecule has 0 heterocycles. The third-order valence-corrected chi connectivity index (χ3v) is 1.66. The van der Waals surface area contributed by atoms with Gasteiger partial charge in [0.15, 0.2) is 0 Å². The molecule has 0 aliphatic rings. The van der Waals surface area contributed by atoms with E-state index in [0.717, 1.165) is 11.3 Å². The molecule has 0 amide bonds. The van der Waals surface area contributed by atoms with Gasteiger partial charge < -0.3 is 0 Å². The number of hydrogen-bond acceptors (Lipinski definition) is 1. The second-order valence-corrected chi connectivity index (χ2v) is 2.57. The molecule has 0 saturated carbocycles. The lowest BCUT2D eigenvalue weighted by Crippen LogP contribution is -1.96. The lowest BCUT2D eigenvalue weighted by atomic mass is 10.1. The van der Waals surface area contributed by atoms with Crippen LogP contribution in [-0.4, -0.2) is 12.3 Å². The molecule has 0 fully saturated rings. The molecule has 2 heteroatoms. The van der Waals surface area contributed by atoms with E-state index in [1.54, 1.807) is 18.2 Å². The standard InChI is InChI=1S/C11H12FN/c1-3-11(13-4-2)9-5-7-10(12)8-6-9/h3,5-8H,1,4H2,2H3. The zero-order chi connectivity index (χ0) is 9.68. The monoisotopic (exact) mass is 177 g/mol. The van der Waals surface area contributed by atoms with Gasteiger partial charge in [-0.1, -0.05) is 6.58 Å². The van der Waals surface area contributed by atoms with Gasteiger partial charge in [0.1, 0.15) is 5.82 Å². The maximum absolute atomic E-state index is 12.6. The molecule has 0 spiro atoms. The summed E-state index contributed by atoms with van der Waals surface area (Å²) in [5.41, 5.74) is 1.71. The van der Waals surface area contributed by atoms with Crippen LogP contribution in [0.5, 0.6) is 0 Å². The first-order chi connectivity index (χ1) is 6.27. The fraction of sp³-hybridized carbons (Fsp3) is 0.182. The second kappa shape index (κ2) is 4.55.